The van der Waals surface area contributed by atoms with Crippen molar-refractivity contribution in [1.29, 1.82) is 0 Å². The van der Waals surface area contributed by atoms with Crippen LogP contribution in [0.2, 0.25) is 0 Å². The maximum absolute atomic E-state index is 11.0. The van der Waals surface area contributed by atoms with Gasteiger partial charge in [-0.2, -0.15) is 0 Å². The average Bonchev–Trinajstić information content (AvgIpc) is 2.95. The number of benzene rings is 1. The van der Waals surface area contributed by atoms with Crippen LogP contribution in [0.25, 0.3) is 0 Å². The molecule has 1 aliphatic rings. The van der Waals surface area contributed by atoms with Gasteiger partial charge in [-0.1, -0.05) is 30.3 Å². The Balaban J connectivity index is 1.62. The first-order valence-electron chi connectivity index (χ1n) is 7.84. The van der Waals surface area contributed by atoms with Crippen molar-refractivity contribution in [2.24, 2.45) is 0 Å². The van der Waals surface area contributed by atoms with Crippen LogP contribution < -0.4 is 4.84 Å². The lowest BCUT2D eigenvalue weighted by Crippen LogP contribution is -2.36. The molecule has 1 N–H and O–H groups in total. The molecule has 1 aromatic carbocycles. The van der Waals surface area contributed by atoms with Crippen molar-refractivity contribution in [3.8, 4) is 0 Å². The molecule has 0 spiro atoms. The third kappa shape index (κ3) is 3.47. The van der Waals surface area contributed by atoms with Crippen molar-refractivity contribution in [2.45, 2.75) is 32.3 Å². The molecule has 1 aromatic heterocycles. The van der Waals surface area contributed by atoms with E-state index in [1.165, 1.54) is 4.90 Å². The lowest BCUT2D eigenvalue weighted by Gasteiger charge is -2.29. The summed E-state index contributed by atoms with van der Waals surface area (Å²) in [5, 5.41) is 13.3. The molecule has 23 heavy (non-hydrogen) atoms. The summed E-state index contributed by atoms with van der Waals surface area (Å²) in [5.74, 6) is 0.347. The number of likely N-dealkylation sites (tertiary alicyclic amines) is 1. The third-order valence-electron chi connectivity index (χ3n) is 4.41. The van der Waals surface area contributed by atoms with Crippen LogP contribution in [0.15, 0.2) is 36.5 Å². The van der Waals surface area contributed by atoms with Crippen LogP contribution in [0.5, 0.6) is 0 Å². The van der Waals surface area contributed by atoms with Gasteiger partial charge in [0.2, 0.25) is 0 Å². The number of amides is 1. The third-order valence-corrected chi connectivity index (χ3v) is 4.41. The van der Waals surface area contributed by atoms with Crippen LogP contribution in [-0.4, -0.2) is 39.1 Å². The molecule has 0 bridgehead atoms. The SMILES string of the molecule is Cc1c(C2CCN(C(=O)O)CC2)cnn1OCc1ccccc1. The summed E-state index contributed by atoms with van der Waals surface area (Å²) < 4.78 is 0. The zero-order valence-corrected chi connectivity index (χ0v) is 13.2. The minimum atomic E-state index is -0.831. The first kappa shape index (κ1) is 15.4. The van der Waals surface area contributed by atoms with Crippen LogP contribution in [0, 0.1) is 6.92 Å². The molecule has 122 valence electrons. The fourth-order valence-corrected chi connectivity index (χ4v) is 3.03. The molecule has 3 rings (SSSR count). The summed E-state index contributed by atoms with van der Waals surface area (Å²) in [4.78, 5) is 19.8. The molecule has 0 saturated carbocycles. The van der Waals surface area contributed by atoms with Crippen LogP contribution in [-0.2, 0) is 6.61 Å². The molecule has 6 nitrogen and oxygen atoms in total. The van der Waals surface area contributed by atoms with Gasteiger partial charge in [0.15, 0.2) is 0 Å². The largest absolute Gasteiger partial charge is 0.465 e. The molecular weight excluding hydrogens is 294 g/mol. The van der Waals surface area contributed by atoms with Gasteiger partial charge in [0.25, 0.3) is 0 Å². The average molecular weight is 315 g/mol. The maximum atomic E-state index is 11.0. The van der Waals surface area contributed by atoms with Crippen LogP contribution in [0.4, 0.5) is 4.79 Å². The molecule has 2 aromatic rings. The van der Waals surface area contributed by atoms with Crippen LogP contribution in [0.1, 0.15) is 35.6 Å². The van der Waals surface area contributed by atoms with Crippen molar-refractivity contribution in [2.75, 3.05) is 13.1 Å². The van der Waals surface area contributed by atoms with Crippen molar-refractivity contribution in [3.63, 3.8) is 0 Å². The highest BCUT2D eigenvalue weighted by Gasteiger charge is 2.26. The van der Waals surface area contributed by atoms with Gasteiger partial charge in [-0.25, -0.2) is 4.79 Å². The highest BCUT2D eigenvalue weighted by molar-refractivity contribution is 5.65. The van der Waals surface area contributed by atoms with E-state index in [1.54, 1.807) is 4.85 Å². The van der Waals surface area contributed by atoms with Gasteiger partial charge >= 0.3 is 6.09 Å². The molecule has 6 heteroatoms. The summed E-state index contributed by atoms with van der Waals surface area (Å²) in [6.07, 6.45) is 2.68. The van der Waals surface area contributed by atoms with Crippen molar-refractivity contribution >= 4 is 6.09 Å². The summed E-state index contributed by atoms with van der Waals surface area (Å²) >= 11 is 0. The van der Waals surface area contributed by atoms with Gasteiger partial charge in [-0.15, -0.1) is 9.94 Å². The summed E-state index contributed by atoms with van der Waals surface area (Å²) in [6.45, 7) is 3.63. The first-order chi connectivity index (χ1) is 11.1. The van der Waals surface area contributed by atoms with Crippen molar-refractivity contribution in [1.82, 2.24) is 14.8 Å². The monoisotopic (exact) mass is 315 g/mol. The van der Waals surface area contributed by atoms with E-state index in [9.17, 15) is 4.79 Å². The van der Waals surface area contributed by atoms with E-state index in [2.05, 4.69) is 5.10 Å². The molecule has 2 heterocycles. The topological polar surface area (TPSA) is 67.6 Å². The Morgan fingerprint density at radius 2 is 2.00 bits per heavy atom. The van der Waals surface area contributed by atoms with Gasteiger partial charge in [0.1, 0.15) is 6.61 Å². The molecule has 0 aliphatic carbocycles. The highest BCUT2D eigenvalue weighted by atomic mass is 16.7. The van der Waals surface area contributed by atoms with Gasteiger partial charge in [0, 0.05) is 18.7 Å². The fraction of sp³-hybridized carbons (Fsp3) is 0.412. The van der Waals surface area contributed by atoms with Crippen molar-refractivity contribution in [3.05, 3.63) is 53.3 Å². The molecule has 1 fully saturated rings. The summed E-state index contributed by atoms with van der Waals surface area (Å²) in [5.41, 5.74) is 3.25. The van der Waals surface area contributed by atoms with E-state index in [1.807, 2.05) is 43.5 Å². The number of aromatic nitrogens is 2. The quantitative estimate of drug-likeness (QED) is 0.942. The van der Waals surface area contributed by atoms with Gasteiger partial charge in [-0.3, -0.25) is 0 Å². The number of hydrogen-bond acceptors (Lipinski definition) is 3. The Morgan fingerprint density at radius 3 is 2.65 bits per heavy atom. The highest BCUT2D eigenvalue weighted by Crippen LogP contribution is 2.29. The Morgan fingerprint density at radius 1 is 1.30 bits per heavy atom. The van der Waals surface area contributed by atoms with E-state index >= 15 is 0 Å². The molecule has 1 saturated heterocycles. The smallest absolute Gasteiger partial charge is 0.407 e. The second kappa shape index (κ2) is 6.73. The zero-order chi connectivity index (χ0) is 16.2. The molecule has 1 amide bonds. The minimum absolute atomic E-state index is 0.347. The normalized spacial score (nSPS) is 15.6. The Labute approximate surface area is 135 Å². The molecule has 1 aliphatic heterocycles. The minimum Gasteiger partial charge on any atom is -0.465 e. The van der Waals surface area contributed by atoms with E-state index in [4.69, 9.17) is 9.94 Å². The number of hydrogen-bond donors (Lipinski definition) is 1. The lowest BCUT2D eigenvalue weighted by molar-refractivity contribution is 0.0653. The number of nitrogens with zero attached hydrogens (tertiary/aromatic N) is 3. The number of piperidine rings is 1. The van der Waals surface area contributed by atoms with E-state index in [0.717, 1.165) is 29.7 Å². The van der Waals surface area contributed by atoms with Crippen molar-refractivity contribution < 1.29 is 14.7 Å². The Hall–Kier alpha value is -2.50. The number of rotatable bonds is 4. The number of carbonyl (C=O) groups is 1. The summed E-state index contributed by atoms with van der Waals surface area (Å²) in [6, 6.07) is 9.97. The maximum Gasteiger partial charge on any atom is 0.407 e. The van der Waals surface area contributed by atoms with E-state index < -0.39 is 6.09 Å². The molecular formula is C17H21N3O3. The standard InChI is InChI=1S/C17H21N3O3/c1-13-16(15-7-9-19(10-8-15)17(21)22)11-18-20(13)23-12-14-5-3-2-4-6-14/h2-6,11,15H,7-10,12H2,1H3,(H,21,22). The Bertz CT molecular complexity index is 661. The molecule has 0 atom stereocenters. The first-order valence-corrected chi connectivity index (χ1v) is 7.84. The predicted octanol–water partition coefficient (Wildman–Crippen LogP) is 2.68. The molecule has 0 radical (unpaired) electrons. The fourth-order valence-electron chi connectivity index (χ4n) is 3.03. The van der Waals surface area contributed by atoms with Crippen LogP contribution in [0.3, 0.4) is 0 Å². The van der Waals surface area contributed by atoms with Gasteiger partial charge < -0.3 is 14.8 Å². The zero-order valence-electron chi connectivity index (χ0n) is 13.2. The number of carboxylic acid groups (broad SMARTS) is 1. The van der Waals surface area contributed by atoms with Gasteiger partial charge in [0.05, 0.1) is 11.9 Å². The van der Waals surface area contributed by atoms with Crippen LogP contribution >= 0.6 is 0 Å². The molecule has 0 unspecified atom stereocenters. The summed E-state index contributed by atoms with van der Waals surface area (Å²) in [7, 11) is 0. The second-order valence-electron chi connectivity index (χ2n) is 5.86. The van der Waals surface area contributed by atoms with E-state index in [-0.39, 0.29) is 0 Å². The second-order valence-corrected chi connectivity index (χ2v) is 5.86. The van der Waals surface area contributed by atoms with Gasteiger partial charge in [-0.05, 0) is 31.2 Å². The Kier molecular flexibility index (Phi) is 4.50. The lowest BCUT2D eigenvalue weighted by atomic mass is 9.90. The van der Waals surface area contributed by atoms with E-state index in [0.29, 0.717) is 25.6 Å². The predicted molar refractivity (Wildman–Crippen MR) is 85.3 cm³/mol.